The van der Waals surface area contributed by atoms with Crippen LogP contribution in [0.15, 0.2) is 71.6 Å². The summed E-state index contributed by atoms with van der Waals surface area (Å²) >= 11 is 12.8. The Morgan fingerprint density at radius 2 is 1.57 bits per heavy atom. The number of rotatable bonds is 12. The van der Waals surface area contributed by atoms with E-state index in [2.05, 4.69) is 5.32 Å². The van der Waals surface area contributed by atoms with Crippen molar-refractivity contribution in [3.8, 4) is 5.75 Å². The normalized spacial score (nSPS) is 11.9. The number of hydrogen-bond acceptors (Lipinski definition) is 5. The second-order valence-corrected chi connectivity index (χ2v) is 11.9. The fourth-order valence-electron chi connectivity index (χ4n) is 3.95. The van der Waals surface area contributed by atoms with Crippen molar-refractivity contribution in [1.82, 2.24) is 10.2 Å². The Morgan fingerprint density at radius 3 is 2.12 bits per heavy atom. The van der Waals surface area contributed by atoms with Crippen molar-refractivity contribution in [3.63, 3.8) is 0 Å². The van der Waals surface area contributed by atoms with E-state index >= 15 is 0 Å². The summed E-state index contributed by atoms with van der Waals surface area (Å²) in [4.78, 5) is 28.2. The van der Waals surface area contributed by atoms with E-state index in [1.165, 1.54) is 24.1 Å². The Kier molecular flexibility index (Phi) is 10.8. The van der Waals surface area contributed by atoms with Gasteiger partial charge in [-0.2, -0.15) is 0 Å². The lowest BCUT2D eigenvalue weighted by atomic mass is 10.1. The number of carbonyl (C=O) groups excluding carboxylic acids is 2. The zero-order valence-electron chi connectivity index (χ0n) is 22.9. The monoisotopic (exact) mass is 605 g/mol. The van der Waals surface area contributed by atoms with Crippen LogP contribution in [0.5, 0.6) is 5.75 Å². The second-order valence-electron chi connectivity index (χ2n) is 9.21. The average molecular weight is 607 g/mol. The number of anilines is 1. The number of hydrogen-bond donors (Lipinski definition) is 1. The molecule has 1 unspecified atom stereocenters. The minimum absolute atomic E-state index is 0.0242. The van der Waals surface area contributed by atoms with Gasteiger partial charge in [0.05, 0.1) is 17.7 Å². The molecule has 0 aromatic heterocycles. The van der Waals surface area contributed by atoms with Gasteiger partial charge >= 0.3 is 0 Å². The first-order chi connectivity index (χ1) is 19.0. The van der Waals surface area contributed by atoms with Crippen molar-refractivity contribution < 1.29 is 22.7 Å². The van der Waals surface area contributed by atoms with Crippen LogP contribution in [0.25, 0.3) is 0 Å². The van der Waals surface area contributed by atoms with Crippen LogP contribution in [0.1, 0.15) is 31.4 Å². The summed E-state index contributed by atoms with van der Waals surface area (Å²) in [5.41, 5.74) is 1.60. The molecule has 0 heterocycles. The Labute approximate surface area is 245 Å². The molecule has 0 radical (unpaired) electrons. The van der Waals surface area contributed by atoms with Crippen LogP contribution >= 0.6 is 23.2 Å². The van der Waals surface area contributed by atoms with Gasteiger partial charge in [0.15, 0.2) is 0 Å². The van der Waals surface area contributed by atoms with Gasteiger partial charge in [-0.15, -0.1) is 0 Å². The van der Waals surface area contributed by atoms with E-state index in [1.807, 2.05) is 13.8 Å². The molecule has 11 heteroatoms. The topological polar surface area (TPSA) is 96.0 Å². The van der Waals surface area contributed by atoms with Crippen LogP contribution in [-0.2, 0) is 26.2 Å². The van der Waals surface area contributed by atoms with Gasteiger partial charge in [0, 0.05) is 28.7 Å². The van der Waals surface area contributed by atoms with Gasteiger partial charge in [-0.1, -0.05) is 53.9 Å². The van der Waals surface area contributed by atoms with Gasteiger partial charge < -0.3 is 15.0 Å². The summed E-state index contributed by atoms with van der Waals surface area (Å²) in [5, 5.41) is 3.45. The molecule has 214 valence electrons. The molecule has 8 nitrogen and oxygen atoms in total. The maximum Gasteiger partial charge on any atom is 0.264 e. The van der Waals surface area contributed by atoms with Gasteiger partial charge in [0.1, 0.15) is 18.3 Å². The van der Waals surface area contributed by atoms with E-state index in [4.69, 9.17) is 27.9 Å². The highest BCUT2D eigenvalue weighted by Gasteiger charge is 2.33. The number of nitrogens with zero attached hydrogens (tertiary/aromatic N) is 2. The third kappa shape index (κ3) is 7.47. The number of methoxy groups -OCH3 is 1. The molecule has 3 aromatic carbocycles. The largest absolute Gasteiger partial charge is 0.497 e. The number of aryl methyl sites for hydroxylation is 1. The van der Waals surface area contributed by atoms with E-state index < -0.39 is 28.5 Å². The number of carbonyl (C=O) groups is 2. The lowest BCUT2D eigenvalue weighted by molar-refractivity contribution is -0.139. The smallest absolute Gasteiger partial charge is 0.264 e. The molecule has 0 saturated heterocycles. The molecule has 1 atom stereocenters. The molecule has 3 rings (SSSR count). The molecule has 0 aliphatic carbocycles. The summed E-state index contributed by atoms with van der Waals surface area (Å²) < 4.78 is 34.0. The van der Waals surface area contributed by atoms with Crippen molar-refractivity contribution >= 4 is 50.7 Å². The standard InChI is InChI=1S/C29H33Cl2N3O5S/c1-5-17-32-29(36)21(3)33(18-25-26(30)7-6-8-27(25)31)28(35)19-34(22-11-13-23(39-4)14-12-22)40(37,38)24-15-9-20(2)10-16-24/h6-16,21H,5,17-19H2,1-4H3,(H,32,36). The summed E-state index contributed by atoms with van der Waals surface area (Å²) in [6.45, 7) is 5.11. The van der Waals surface area contributed by atoms with Crippen LogP contribution in [-0.4, -0.2) is 51.4 Å². The molecule has 0 fully saturated rings. The number of ether oxygens (including phenoxy) is 1. The molecule has 0 saturated carbocycles. The van der Waals surface area contributed by atoms with Crippen molar-refractivity contribution in [3.05, 3.63) is 87.9 Å². The number of sulfonamides is 1. The SMILES string of the molecule is CCCNC(=O)C(C)N(Cc1c(Cl)cccc1Cl)C(=O)CN(c1ccc(OC)cc1)S(=O)(=O)c1ccc(C)cc1. The minimum atomic E-state index is -4.18. The highest BCUT2D eigenvalue weighted by Crippen LogP contribution is 2.29. The molecule has 0 spiro atoms. The third-order valence-corrected chi connectivity index (χ3v) is 8.85. The van der Waals surface area contributed by atoms with Crippen LogP contribution in [0.2, 0.25) is 10.0 Å². The molecule has 0 aliphatic heterocycles. The Morgan fingerprint density at radius 1 is 0.975 bits per heavy atom. The van der Waals surface area contributed by atoms with E-state index in [-0.39, 0.29) is 23.0 Å². The highest BCUT2D eigenvalue weighted by molar-refractivity contribution is 7.92. The molecular formula is C29H33Cl2N3O5S. The molecule has 3 aromatic rings. The average Bonchev–Trinajstić information content (AvgIpc) is 2.94. The van der Waals surface area contributed by atoms with Gasteiger partial charge in [0.2, 0.25) is 11.8 Å². The molecule has 0 aliphatic rings. The Bertz CT molecular complexity index is 1410. The highest BCUT2D eigenvalue weighted by atomic mass is 35.5. The predicted octanol–water partition coefficient (Wildman–Crippen LogP) is 5.45. The number of nitrogens with one attached hydrogen (secondary N) is 1. The lowest BCUT2D eigenvalue weighted by Crippen LogP contribution is -2.51. The number of halogens is 2. The minimum Gasteiger partial charge on any atom is -0.497 e. The quantitative estimate of drug-likeness (QED) is 0.296. The molecular weight excluding hydrogens is 573 g/mol. The fraction of sp³-hybridized carbons (Fsp3) is 0.310. The zero-order chi connectivity index (χ0) is 29.4. The van der Waals surface area contributed by atoms with Crippen LogP contribution < -0.4 is 14.4 Å². The first-order valence-corrected chi connectivity index (χ1v) is 14.9. The Hall–Kier alpha value is -3.27. The van der Waals surface area contributed by atoms with Crippen molar-refractivity contribution in [2.45, 2.75) is 44.7 Å². The van der Waals surface area contributed by atoms with Gasteiger partial charge in [-0.3, -0.25) is 13.9 Å². The van der Waals surface area contributed by atoms with E-state index in [0.29, 0.717) is 34.3 Å². The number of benzene rings is 3. The molecule has 1 N–H and O–H groups in total. The van der Waals surface area contributed by atoms with Crippen LogP contribution in [0.3, 0.4) is 0 Å². The van der Waals surface area contributed by atoms with Crippen molar-refractivity contribution in [1.29, 1.82) is 0 Å². The van der Waals surface area contributed by atoms with E-state index in [9.17, 15) is 18.0 Å². The summed E-state index contributed by atoms with van der Waals surface area (Å²) in [7, 11) is -2.67. The second kappa shape index (κ2) is 13.9. The van der Waals surface area contributed by atoms with Gasteiger partial charge in [0.25, 0.3) is 10.0 Å². The van der Waals surface area contributed by atoms with E-state index in [0.717, 1.165) is 9.87 Å². The van der Waals surface area contributed by atoms with Gasteiger partial charge in [-0.25, -0.2) is 8.42 Å². The van der Waals surface area contributed by atoms with Crippen LogP contribution in [0.4, 0.5) is 5.69 Å². The van der Waals surface area contributed by atoms with Crippen LogP contribution in [0, 0.1) is 6.92 Å². The zero-order valence-corrected chi connectivity index (χ0v) is 25.2. The lowest BCUT2D eigenvalue weighted by Gasteiger charge is -2.32. The Balaban J connectivity index is 2.06. The first kappa shape index (κ1) is 31.3. The predicted molar refractivity (Wildman–Crippen MR) is 158 cm³/mol. The summed E-state index contributed by atoms with van der Waals surface area (Å²) in [6.07, 6.45) is 0.711. The maximum atomic E-state index is 14.0. The first-order valence-electron chi connectivity index (χ1n) is 12.7. The van der Waals surface area contributed by atoms with E-state index in [1.54, 1.807) is 61.5 Å². The fourth-order valence-corrected chi connectivity index (χ4v) is 5.88. The van der Waals surface area contributed by atoms with Crippen molar-refractivity contribution in [2.75, 3.05) is 24.5 Å². The summed E-state index contributed by atoms with van der Waals surface area (Å²) in [5.74, 6) is -0.462. The summed E-state index contributed by atoms with van der Waals surface area (Å²) in [6, 6.07) is 16.7. The third-order valence-electron chi connectivity index (χ3n) is 6.35. The molecule has 2 amide bonds. The van der Waals surface area contributed by atoms with Crippen molar-refractivity contribution in [2.24, 2.45) is 0 Å². The van der Waals surface area contributed by atoms with Gasteiger partial charge in [-0.05, 0) is 68.8 Å². The maximum absolute atomic E-state index is 14.0. The molecule has 0 bridgehead atoms. The number of amides is 2. The molecule has 40 heavy (non-hydrogen) atoms.